The first kappa shape index (κ1) is 12.7. The summed E-state index contributed by atoms with van der Waals surface area (Å²) < 4.78 is 4.75. The molecular weight excluding hydrogens is 296 g/mol. The van der Waals surface area contributed by atoms with Crippen LogP contribution < -0.4 is 0 Å². The Hall–Kier alpha value is -0.980. The van der Waals surface area contributed by atoms with Gasteiger partial charge >= 0.3 is 0 Å². The molecule has 0 aromatic carbocycles. The molecule has 2 aliphatic carbocycles. The number of aryl methyl sites for hydroxylation is 1. The average Bonchev–Trinajstić information content (AvgIpc) is 2.99. The van der Waals surface area contributed by atoms with Crippen molar-refractivity contribution in [3.8, 4) is 0 Å². The first-order chi connectivity index (χ1) is 9.44. The molecule has 2 aromatic rings. The third-order valence-corrected chi connectivity index (χ3v) is 5.65. The van der Waals surface area contributed by atoms with E-state index in [1.807, 2.05) is 11.6 Å². The highest BCUT2D eigenvalue weighted by Gasteiger charge is 2.55. The minimum absolute atomic E-state index is 0.108. The van der Waals surface area contributed by atoms with Crippen LogP contribution in [0.25, 0.3) is 11.2 Å². The zero-order chi connectivity index (χ0) is 14.1. The molecule has 5 nitrogen and oxygen atoms in total. The monoisotopic (exact) mass is 310 g/mol. The molecule has 0 saturated heterocycles. The highest BCUT2D eigenvalue weighted by molar-refractivity contribution is 7.71. The van der Waals surface area contributed by atoms with E-state index in [0.29, 0.717) is 0 Å². The number of aromatic nitrogens is 4. The highest BCUT2D eigenvalue weighted by atomic mass is 35.5. The summed E-state index contributed by atoms with van der Waals surface area (Å²) in [6, 6.07) is 0. The van der Waals surface area contributed by atoms with Gasteiger partial charge in [0.15, 0.2) is 10.4 Å². The van der Waals surface area contributed by atoms with Crippen molar-refractivity contribution < 1.29 is 5.11 Å². The van der Waals surface area contributed by atoms with Crippen molar-refractivity contribution in [2.45, 2.75) is 43.2 Å². The lowest BCUT2D eigenvalue weighted by molar-refractivity contribution is 0.0521. The van der Waals surface area contributed by atoms with Crippen molar-refractivity contribution in [2.24, 2.45) is 7.05 Å². The molecule has 0 spiro atoms. The van der Waals surface area contributed by atoms with Crippen LogP contribution in [0.2, 0.25) is 5.28 Å². The summed E-state index contributed by atoms with van der Waals surface area (Å²) in [5.74, 6) is 0. The molecular formula is C13H15ClN4OS. The van der Waals surface area contributed by atoms with Crippen LogP contribution in [0.4, 0.5) is 0 Å². The van der Waals surface area contributed by atoms with Gasteiger partial charge in [-0.1, -0.05) is 0 Å². The summed E-state index contributed by atoms with van der Waals surface area (Å²) in [4.78, 5) is 8.43. The standard InChI is InChI=1S/C13H15ClN4OS/c1-17-8-6-15-10(14)16-9(8)18(11(17)20)12-2-4-13(19,7-12)5-3-12/h6,19H,2-5,7H2,1H3. The molecule has 106 valence electrons. The summed E-state index contributed by atoms with van der Waals surface area (Å²) in [5.41, 5.74) is 1.04. The zero-order valence-electron chi connectivity index (χ0n) is 11.1. The Kier molecular flexibility index (Phi) is 2.43. The minimum Gasteiger partial charge on any atom is -0.390 e. The number of imidazole rings is 1. The second kappa shape index (κ2) is 3.81. The lowest BCUT2D eigenvalue weighted by Crippen LogP contribution is -2.29. The smallest absolute Gasteiger partial charge is 0.224 e. The van der Waals surface area contributed by atoms with E-state index in [1.165, 1.54) is 0 Å². The van der Waals surface area contributed by atoms with Gasteiger partial charge in [-0.3, -0.25) is 4.57 Å². The molecule has 2 bridgehead atoms. The number of rotatable bonds is 1. The lowest BCUT2D eigenvalue weighted by Gasteiger charge is -2.28. The Morgan fingerprint density at radius 3 is 2.65 bits per heavy atom. The number of aliphatic hydroxyl groups is 1. The van der Waals surface area contributed by atoms with Gasteiger partial charge in [0.05, 0.1) is 17.3 Å². The molecule has 0 radical (unpaired) electrons. The zero-order valence-corrected chi connectivity index (χ0v) is 12.7. The molecule has 2 aromatic heterocycles. The summed E-state index contributed by atoms with van der Waals surface area (Å²) in [6.07, 6.45) is 6.03. The number of halogens is 1. The normalized spacial score (nSPS) is 32.4. The van der Waals surface area contributed by atoms with E-state index < -0.39 is 5.60 Å². The van der Waals surface area contributed by atoms with E-state index in [9.17, 15) is 5.11 Å². The summed E-state index contributed by atoms with van der Waals surface area (Å²) in [6.45, 7) is 0. The van der Waals surface area contributed by atoms with Gasteiger partial charge in [0.2, 0.25) is 5.28 Å². The second-order valence-electron chi connectivity index (χ2n) is 6.15. The quantitative estimate of drug-likeness (QED) is 0.649. The molecule has 2 saturated carbocycles. The highest BCUT2D eigenvalue weighted by Crippen LogP contribution is 2.55. The first-order valence-electron chi connectivity index (χ1n) is 6.77. The van der Waals surface area contributed by atoms with Gasteiger partial charge in [0, 0.05) is 7.05 Å². The largest absolute Gasteiger partial charge is 0.390 e. The minimum atomic E-state index is -0.520. The van der Waals surface area contributed by atoms with Crippen LogP contribution in [0.5, 0.6) is 0 Å². The molecule has 1 N–H and O–H groups in total. The molecule has 0 amide bonds. The van der Waals surface area contributed by atoms with Crippen molar-refractivity contribution in [3.63, 3.8) is 0 Å². The predicted octanol–water partition coefficient (Wildman–Crippen LogP) is 2.56. The van der Waals surface area contributed by atoms with E-state index in [4.69, 9.17) is 23.8 Å². The first-order valence-corrected chi connectivity index (χ1v) is 7.56. The molecule has 2 heterocycles. The summed E-state index contributed by atoms with van der Waals surface area (Å²) in [5, 5.41) is 10.7. The van der Waals surface area contributed by atoms with Crippen molar-refractivity contribution in [1.82, 2.24) is 19.1 Å². The number of fused-ring (bicyclic) bond motifs is 3. The van der Waals surface area contributed by atoms with Gasteiger partial charge in [-0.25, -0.2) is 4.98 Å². The third-order valence-electron chi connectivity index (χ3n) is 5.02. The fourth-order valence-electron chi connectivity index (χ4n) is 3.97. The van der Waals surface area contributed by atoms with Crippen molar-refractivity contribution in [3.05, 3.63) is 16.3 Å². The Bertz CT molecular complexity index is 773. The van der Waals surface area contributed by atoms with E-state index in [2.05, 4.69) is 14.5 Å². The fraction of sp³-hybridized carbons (Fsp3) is 0.615. The van der Waals surface area contributed by atoms with E-state index >= 15 is 0 Å². The topological polar surface area (TPSA) is 55.9 Å². The maximum absolute atomic E-state index is 10.5. The molecule has 7 heteroatoms. The van der Waals surface area contributed by atoms with E-state index in [0.717, 1.165) is 48.0 Å². The molecule has 2 fully saturated rings. The lowest BCUT2D eigenvalue weighted by atomic mass is 9.92. The predicted molar refractivity (Wildman–Crippen MR) is 78.4 cm³/mol. The van der Waals surface area contributed by atoms with Gasteiger partial charge in [0.1, 0.15) is 5.52 Å². The Labute approximate surface area is 126 Å². The number of hydrogen-bond acceptors (Lipinski definition) is 4. The van der Waals surface area contributed by atoms with Gasteiger partial charge in [-0.2, -0.15) is 4.98 Å². The molecule has 0 unspecified atom stereocenters. The van der Waals surface area contributed by atoms with Crippen LogP contribution in [-0.4, -0.2) is 29.8 Å². The average molecular weight is 311 g/mol. The number of hydrogen-bond donors (Lipinski definition) is 1. The van der Waals surface area contributed by atoms with Gasteiger partial charge < -0.3 is 9.67 Å². The summed E-state index contributed by atoms with van der Waals surface area (Å²) in [7, 11) is 1.92. The third kappa shape index (κ3) is 1.50. The Balaban J connectivity index is 2.04. The van der Waals surface area contributed by atoms with Crippen LogP contribution in [0, 0.1) is 4.77 Å². The van der Waals surface area contributed by atoms with Crippen molar-refractivity contribution in [1.29, 1.82) is 0 Å². The van der Waals surface area contributed by atoms with Crippen molar-refractivity contribution >= 4 is 35.0 Å². The molecule has 0 aliphatic heterocycles. The second-order valence-corrected chi connectivity index (χ2v) is 6.85. The van der Waals surface area contributed by atoms with Crippen molar-refractivity contribution in [2.75, 3.05) is 0 Å². The number of nitrogens with zero attached hydrogens (tertiary/aromatic N) is 4. The Morgan fingerprint density at radius 1 is 1.35 bits per heavy atom. The fourth-order valence-corrected chi connectivity index (χ4v) is 4.47. The molecule has 20 heavy (non-hydrogen) atoms. The van der Waals surface area contributed by atoms with Crippen LogP contribution in [0.3, 0.4) is 0 Å². The van der Waals surface area contributed by atoms with Crippen LogP contribution in [-0.2, 0) is 12.6 Å². The van der Waals surface area contributed by atoms with Crippen LogP contribution in [0.1, 0.15) is 32.1 Å². The molecule has 2 aliphatic rings. The van der Waals surface area contributed by atoms with E-state index in [1.54, 1.807) is 6.20 Å². The van der Waals surface area contributed by atoms with Gasteiger partial charge in [-0.05, 0) is 55.9 Å². The maximum atomic E-state index is 10.5. The van der Waals surface area contributed by atoms with Crippen LogP contribution in [0.15, 0.2) is 6.20 Å². The van der Waals surface area contributed by atoms with Crippen LogP contribution >= 0.6 is 23.8 Å². The maximum Gasteiger partial charge on any atom is 0.224 e. The molecule has 4 rings (SSSR count). The van der Waals surface area contributed by atoms with Gasteiger partial charge in [-0.15, -0.1) is 0 Å². The molecule has 0 atom stereocenters. The van der Waals surface area contributed by atoms with E-state index in [-0.39, 0.29) is 10.8 Å². The van der Waals surface area contributed by atoms with Gasteiger partial charge in [0.25, 0.3) is 0 Å². The SMILES string of the molecule is Cn1c(=S)n(C23CCC(O)(CC2)C3)c2nc(Cl)ncc21. The Morgan fingerprint density at radius 2 is 2.05 bits per heavy atom. The summed E-state index contributed by atoms with van der Waals surface area (Å²) >= 11 is 11.6.